The van der Waals surface area contributed by atoms with Gasteiger partial charge in [0, 0.05) is 45.0 Å². The predicted octanol–water partition coefficient (Wildman–Crippen LogP) is 3.76. The van der Waals surface area contributed by atoms with Gasteiger partial charge in [0.15, 0.2) is 5.96 Å². The van der Waals surface area contributed by atoms with Crippen LogP contribution in [0.25, 0.3) is 0 Å². The maximum atomic E-state index is 5.98. The first kappa shape index (κ1) is 24.2. The lowest BCUT2D eigenvalue weighted by Gasteiger charge is -2.25. The molecular weight excluding hydrogens is 477 g/mol. The summed E-state index contributed by atoms with van der Waals surface area (Å²) in [6.07, 6.45) is 6.98. The monoisotopic (exact) mass is 515 g/mol. The van der Waals surface area contributed by atoms with Gasteiger partial charge in [-0.3, -0.25) is 9.89 Å². The van der Waals surface area contributed by atoms with Crippen molar-refractivity contribution in [3.05, 3.63) is 23.9 Å². The van der Waals surface area contributed by atoms with Crippen molar-refractivity contribution in [2.24, 2.45) is 10.9 Å². The van der Waals surface area contributed by atoms with Gasteiger partial charge in [-0.2, -0.15) is 0 Å². The Kier molecular flexibility index (Phi) is 9.95. The van der Waals surface area contributed by atoms with Crippen LogP contribution >= 0.6 is 24.0 Å². The molecule has 2 saturated heterocycles. The number of hydrogen-bond acceptors (Lipinski definition) is 4. The first-order chi connectivity index (χ1) is 13.5. The van der Waals surface area contributed by atoms with E-state index in [9.17, 15) is 0 Å². The average molecular weight is 515 g/mol. The molecule has 3 rings (SSSR count). The molecule has 0 radical (unpaired) electrons. The topological polar surface area (TPSA) is 53.0 Å². The molecule has 7 heteroatoms. The molecule has 2 fully saturated rings. The van der Waals surface area contributed by atoms with E-state index in [-0.39, 0.29) is 30.1 Å². The van der Waals surface area contributed by atoms with Gasteiger partial charge in [-0.25, -0.2) is 4.98 Å². The van der Waals surface area contributed by atoms with Gasteiger partial charge in [0.2, 0.25) is 5.88 Å². The van der Waals surface area contributed by atoms with E-state index in [0.29, 0.717) is 17.8 Å². The molecule has 0 saturated carbocycles. The van der Waals surface area contributed by atoms with Crippen LogP contribution in [0.2, 0.25) is 0 Å². The first-order valence-electron chi connectivity index (χ1n) is 10.9. The Bertz CT molecular complexity index is 648. The van der Waals surface area contributed by atoms with E-state index in [1.807, 2.05) is 25.4 Å². The van der Waals surface area contributed by atoms with Gasteiger partial charge in [-0.15, -0.1) is 24.0 Å². The smallest absolute Gasteiger partial charge is 0.213 e. The van der Waals surface area contributed by atoms with Gasteiger partial charge in [0.1, 0.15) is 0 Å². The summed E-state index contributed by atoms with van der Waals surface area (Å²) >= 11 is 0. The summed E-state index contributed by atoms with van der Waals surface area (Å²) in [6.45, 7) is 12.0. The minimum Gasteiger partial charge on any atom is -0.475 e. The molecule has 0 bridgehead atoms. The highest BCUT2D eigenvalue weighted by Crippen LogP contribution is 2.20. The Morgan fingerprint density at radius 2 is 2.03 bits per heavy atom. The number of pyridine rings is 1. The third kappa shape index (κ3) is 7.27. The third-order valence-electron chi connectivity index (χ3n) is 5.71. The molecule has 2 atom stereocenters. The number of aliphatic imine (C=N–C) groups is 1. The molecule has 0 aliphatic carbocycles. The number of guanidine groups is 1. The fourth-order valence-corrected chi connectivity index (χ4v) is 4.40. The van der Waals surface area contributed by atoms with Crippen LogP contribution in [0.4, 0.5) is 0 Å². The summed E-state index contributed by atoms with van der Waals surface area (Å²) in [7, 11) is 1.88. The molecule has 0 amide bonds. The summed E-state index contributed by atoms with van der Waals surface area (Å²) in [5, 5.41) is 3.53. The highest BCUT2D eigenvalue weighted by molar-refractivity contribution is 14.0. The van der Waals surface area contributed by atoms with Gasteiger partial charge < -0.3 is 15.0 Å². The van der Waals surface area contributed by atoms with Crippen molar-refractivity contribution in [2.45, 2.75) is 65.1 Å². The van der Waals surface area contributed by atoms with Crippen molar-refractivity contribution >= 4 is 29.9 Å². The molecule has 1 aromatic rings. The normalized spacial score (nSPS) is 21.3. The van der Waals surface area contributed by atoms with Crippen LogP contribution in [0, 0.1) is 5.92 Å². The van der Waals surface area contributed by atoms with Crippen molar-refractivity contribution in [3.8, 4) is 5.88 Å². The summed E-state index contributed by atoms with van der Waals surface area (Å²) in [5.74, 6) is 2.32. The van der Waals surface area contributed by atoms with Crippen molar-refractivity contribution in [1.29, 1.82) is 0 Å². The summed E-state index contributed by atoms with van der Waals surface area (Å²) < 4.78 is 5.98. The van der Waals surface area contributed by atoms with E-state index >= 15 is 0 Å². The van der Waals surface area contributed by atoms with E-state index in [0.717, 1.165) is 37.6 Å². The Hall–Kier alpha value is -1.09. The van der Waals surface area contributed by atoms with E-state index in [1.165, 1.54) is 32.4 Å². The van der Waals surface area contributed by atoms with E-state index in [2.05, 4.69) is 45.9 Å². The second-order valence-electron chi connectivity index (χ2n) is 8.59. The zero-order valence-electron chi connectivity index (χ0n) is 18.4. The van der Waals surface area contributed by atoms with Crippen molar-refractivity contribution < 1.29 is 4.74 Å². The Balaban J connectivity index is 0.00000300. The van der Waals surface area contributed by atoms with Crippen LogP contribution < -0.4 is 10.1 Å². The highest BCUT2D eigenvalue weighted by Gasteiger charge is 2.30. The summed E-state index contributed by atoms with van der Waals surface area (Å²) in [4.78, 5) is 13.9. The standard InChI is InChI=1S/C22H37N5O.HI/c1-17(2)13-18(3)28-21-14-19(7-9-24-21)15-25-22(23-4)27-12-8-20(16-27)26-10-5-6-11-26;/h7,9,14,17-18,20H,5-6,8,10-13,15-16H2,1-4H3,(H,23,25);1H. The maximum absolute atomic E-state index is 5.98. The van der Waals surface area contributed by atoms with Crippen molar-refractivity contribution in [1.82, 2.24) is 20.1 Å². The van der Waals surface area contributed by atoms with Gasteiger partial charge in [0.25, 0.3) is 0 Å². The zero-order valence-corrected chi connectivity index (χ0v) is 20.8. The zero-order chi connectivity index (χ0) is 19.9. The molecular formula is C22H38IN5O. The van der Waals surface area contributed by atoms with Crippen LogP contribution in [-0.2, 0) is 6.54 Å². The fraction of sp³-hybridized carbons (Fsp3) is 0.727. The molecule has 3 heterocycles. The number of halogens is 1. The average Bonchev–Trinajstić information content (AvgIpc) is 3.33. The van der Waals surface area contributed by atoms with Crippen LogP contribution in [0.15, 0.2) is 23.3 Å². The number of hydrogen-bond donors (Lipinski definition) is 1. The Labute approximate surface area is 193 Å². The molecule has 2 aliphatic heterocycles. The molecule has 2 unspecified atom stereocenters. The third-order valence-corrected chi connectivity index (χ3v) is 5.71. The molecule has 0 aromatic carbocycles. The minimum absolute atomic E-state index is 0. The van der Waals surface area contributed by atoms with Crippen molar-refractivity contribution in [3.63, 3.8) is 0 Å². The van der Waals surface area contributed by atoms with E-state index in [4.69, 9.17) is 4.74 Å². The Morgan fingerprint density at radius 1 is 1.28 bits per heavy atom. The number of likely N-dealkylation sites (tertiary alicyclic amines) is 2. The lowest BCUT2D eigenvalue weighted by Crippen LogP contribution is -2.42. The molecule has 2 aliphatic rings. The van der Waals surface area contributed by atoms with Gasteiger partial charge in [-0.05, 0) is 63.2 Å². The number of ether oxygens (including phenoxy) is 1. The van der Waals surface area contributed by atoms with Gasteiger partial charge in [0.05, 0.1) is 6.10 Å². The number of rotatable bonds is 7. The largest absolute Gasteiger partial charge is 0.475 e. The van der Waals surface area contributed by atoms with Gasteiger partial charge in [-0.1, -0.05) is 13.8 Å². The lowest BCUT2D eigenvalue weighted by atomic mass is 10.1. The lowest BCUT2D eigenvalue weighted by molar-refractivity contribution is 0.185. The van der Waals surface area contributed by atoms with Crippen LogP contribution in [-0.4, -0.2) is 66.1 Å². The number of aromatic nitrogens is 1. The van der Waals surface area contributed by atoms with Crippen molar-refractivity contribution in [2.75, 3.05) is 33.2 Å². The van der Waals surface area contributed by atoms with Crippen LogP contribution in [0.3, 0.4) is 0 Å². The summed E-state index contributed by atoms with van der Waals surface area (Å²) in [6, 6.07) is 4.76. The molecule has 1 aromatic heterocycles. The highest BCUT2D eigenvalue weighted by atomic mass is 127. The van der Waals surface area contributed by atoms with E-state index in [1.54, 1.807) is 0 Å². The maximum Gasteiger partial charge on any atom is 0.213 e. The molecule has 6 nitrogen and oxygen atoms in total. The molecule has 164 valence electrons. The van der Waals surface area contributed by atoms with E-state index < -0.39 is 0 Å². The summed E-state index contributed by atoms with van der Waals surface area (Å²) in [5.41, 5.74) is 1.16. The SMILES string of the molecule is CN=C(NCc1ccnc(OC(C)CC(C)C)c1)N1CCC(N2CCCC2)C1.I. The Morgan fingerprint density at radius 3 is 2.72 bits per heavy atom. The minimum atomic E-state index is 0. The first-order valence-corrected chi connectivity index (χ1v) is 10.9. The number of nitrogens with zero attached hydrogens (tertiary/aromatic N) is 4. The number of nitrogens with one attached hydrogen (secondary N) is 1. The predicted molar refractivity (Wildman–Crippen MR) is 130 cm³/mol. The second-order valence-corrected chi connectivity index (χ2v) is 8.59. The second kappa shape index (κ2) is 11.9. The molecule has 1 N–H and O–H groups in total. The molecule has 29 heavy (non-hydrogen) atoms. The molecule has 0 spiro atoms. The quantitative estimate of drug-likeness (QED) is 0.341. The fourth-order valence-electron chi connectivity index (χ4n) is 4.40. The van der Waals surface area contributed by atoms with Gasteiger partial charge >= 0.3 is 0 Å². The van der Waals surface area contributed by atoms with Crippen LogP contribution in [0.1, 0.15) is 52.0 Å². The van der Waals surface area contributed by atoms with Crippen LogP contribution in [0.5, 0.6) is 5.88 Å².